The summed E-state index contributed by atoms with van der Waals surface area (Å²) in [6.45, 7) is 1.09. The fourth-order valence-electron chi connectivity index (χ4n) is 2.18. The molecule has 1 amide bonds. The molecule has 0 saturated heterocycles. The van der Waals surface area contributed by atoms with Gasteiger partial charge in [-0.3, -0.25) is 4.79 Å². The molecule has 0 fully saturated rings. The Morgan fingerprint density at radius 2 is 1.79 bits per heavy atom. The van der Waals surface area contributed by atoms with Crippen LogP contribution >= 0.6 is 11.8 Å². The van der Waals surface area contributed by atoms with Crippen LogP contribution in [-0.2, 0) is 4.79 Å². The van der Waals surface area contributed by atoms with Crippen LogP contribution in [-0.4, -0.2) is 37.2 Å². The molecule has 0 aromatic heterocycles. The number of anilines is 1. The lowest BCUT2D eigenvalue weighted by Gasteiger charge is -2.09. The quantitative estimate of drug-likeness (QED) is 0.440. The van der Waals surface area contributed by atoms with E-state index < -0.39 is 0 Å². The maximum Gasteiger partial charge on any atom is 0.248 e. The van der Waals surface area contributed by atoms with Gasteiger partial charge in [0, 0.05) is 16.7 Å². The van der Waals surface area contributed by atoms with Gasteiger partial charge in [-0.2, -0.15) is 0 Å². The van der Waals surface area contributed by atoms with Crippen LogP contribution in [0.25, 0.3) is 6.08 Å². The number of rotatable bonds is 8. The zero-order chi connectivity index (χ0) is 17.2. The molecule has 0 aliphatic rings. The van der Waals surface area contributed by atoms with Crippen molar-refractivity contribution in [2.75, 3.05) is 31.7 Å². The third-order valence-corrected chi connectivity index (χ3v) is 4.56. The number of carbonyl (C=O) groups is 1. The molecule has 0 saturated carbocycles. The van der Waals surface area contributed by atoms with Crippen LogP contribution in [0.1, 0.15) is 12.0 Å². The van der Waals surface area contributed by atoms with Gasteiger partial charge in [-0.05, 0) is 62.7 Å². The van der Waals surface area contributed by atoms with Gasteiger partial charge < -0.3 is 10.2 Å². The first-order valence-electron chi connectivity index (χ1n) is 8.06. The third kappa shape index (κ3) is 6.60. The summed E-state index contributed by atoms with van der Waals surface area (Å²) in [6.07, 6.45) is 4.61. The van der Waals surface area contributed by atoms with Gasteiger partial charge in [0.1, 0.15) is 0 Å². The van der Waals surface area contributed by atoms with E-state index >= 15 is 0 Å². The predicted octanol–water partition coefficient (Wildman–Crippen LogP) is 4.38. The molecule has 0 unspecified atom stereocenters. The molecule has 0 radical (unpaired) electrons. The van der Waals surface area contributed by atoms with E-state index in [0.717, 1.165) is 30.0 Å². The Bertz CT molecular complexity index is 668. The first kappa shape index (κ1) is 18.3. The van der Waals surface area contributed by atoms with Gasteiger partial charge in [0.2, 0.25) is 5.91 Å². The topological polar surface area (TPSA) is 32.3 Å². The minimum absolute atomic E-state index is 0.117. The van der Waals surface area contributed by atoms with Crippen molar-refractivity contribution in [3.8, 4) is 0 Å². The Hall–Kier alpha value is -2.04. The van der Waals surface area contributed by atoms with E-state index in [0.29, 0.717) is 0 Å². The molecule has 2 aromatic carbocycles. The summed E-state index contributed by atoms with van der Waals surface area (Å²) in [6, 6.07) is 17.7. The van der Waals surface area contributed by atoms with Crippen molar-refractivity contribution in [3.63, 3.8) is 0 Å². The lowest BCUT2D eigenvalue weighted by molar-refractivity contribution is -0.111. The molecule has 0 aliphatic heterocycles. The second-order valence-corrected chi connectivity index (χ2v) is 6.87. The second-order valence-electron chi connectivity index (χ2n) is 5.73. The maximum atomic E-state index is 12.0. The summed E-state index contributed by atoms with van der Waals surface area (Å²) >= 11 is 1.84. The zero-order valence-electron chi connectivity index (χ0n) is 14.2. The Balaban J connectivity index is 1.92. The molecular formula is C20H24N2OS. The summed E-state index contributed by atoms with van der Waals surface area (Å²) in [5.41, 5.74) is 1.88. The molecule has 4 heteroatoms. The van der Waals surface area contributed by atoms with Crippen molar-refractivity contribution >= 4 is 29.4 Å². The van der Waals surface area contributed by atoms with E-state index in [1.54, 1.807) is 6.08 Å². The third-order valence-electron chi connectivity index (χ3n) is 3.38. The minimum Gasteiger partial charge on any atom is -0.323 e. The van der Waals surface area contributed by atoms with E-state index in [9.17, 15) is 4.79 Å². The SMILES string of the molecule is CN(C)CCCSc1ccccc1C=CC(=O)Nc1ccccc1. The van der Waals surface area contributed by atoms with Crippen LogP contribution < -0.4 is 5.32 Å². The van der Waals surface area contributed by atoms with Crippen LogP contribution in [0.2, 0.25) is 0 Å². The molecule has 0 heterocycles. The molecule has 2 rings (SSSR count). The maximum absolute atomic E-state index is 12.0. The van der Waals surface area contributed by atoms with Crippen LogP contribution in [0.3, 0.4) is 0 Å². The molecule has 0 bridgehead atoms. The van der Waals surface area contributed by atoms with Crippen LogP contribution in [0.15, 0.2) is 65.6 Å². The van der Waals surface area contributed by atoms with Gasteiger partial charge in [0.15, 0.2) is 0 Å². The van der Waals surface area contributed by atoms with Crippen molar-refractivity contribution in [3.05, 3.63) is 66.2 Å². The molecule has 1 N–H and O–H groups in total. The minimum atomic E-state index is -0.117. The highest BCUT2D eigenvalue weighted by atomic mass is 32.2. The van der Waals surface area contributed by atoms with E-state index in [2.05, 4.69) is 30.4 Å². The number of hydrogen-bond donors (Lipinski definition) is 1. The van der Waals surface area contributed by atoms with Crippen LogP contribution in [0.4, 0.5) is 5.69 Å². The van der Waals surface area contributed by atoms with E-state index in [1.807, 2.05) is 66.4 Å². The summed E-state index contributed by atoms with van der Waals surface area (Å²) in [7, 11) is 4.18. The first-order chi connectivity index (χ1) is 11.6. The number of carbonyl (C=O) groups excluding carboxylic acids is 1. The highest BCUT2D eigenvalue weighted by molar-refractivity contribution is 7.99. The molecule has 0 aliphatic carbocycles. The molecular weight excluding hydrogens is 316 g/mol. The molecule has 0 atom stereocenters. The van der Waals surface area contributed by atoms with Crippen molar-refractivity contribution in [2.45, 2.75) is 11.3 Å². The standard InChI is InChI=1S/C20H24N2OS/c1-22(2)15-8-16-24-19-12-7-6-9-17(19)13-14-20(23)21-18-10-4-3-5-11-18/h3-7,9-14H,8,15-16H2,1-2H3,(H,21,23). The largest absolute Gasteiger partial charge is 0.323 e. The average Bonchev–Trinajstić information content (AvgIpc) is 2.58. The summed E-state index contributed by atoms with van der Waals surface area (Å²) in [5, 5.41) is 2.86. The van der Waals surface area contributed by atoms with Gasteiger partial charge in [0.25, 0.3) is 0 Å². The predicted molar refractivity (Wildman–Crippen MR) is 104 cm³/mol. The van der Waals surface area contributed by atoms with Crippen molar-refractivity contribution in [1.82, 2.24) is 4.90 Å². The lowest BCUT2D eigenvalue weighted by atomic mass is 10.2. The van der Waals surface area contributed by atoms with Gasteiger partial charge in [-0.15, -0.1) is 11.8 Å². The Labute approximate surface area is 148 Å². The van der Waals surface area contributed by atoms with Gasteiger partial charge in [-0.25, -0.2) is 0 Å². The van der Waals surface area contributed by atoms with E-state index in [-0.39, 0.29) is 5.91 Å². The summed E-state index contributed by atoms with van der Waals surface area (Å²) < 4.78 is 0. The van der Waals surface area contributed by atoms with E-state index in [1.165, 1.54) is 4.90 Å². The number of benzene rings is 2. The summed E-state index contributed by atoms with van der Waals surface area (Å²) in [5.74, 6) is 0.952. The normalized spacial score (nSPS) is 11.1. The lowest BCUT2D eigenvalue weighted by Crippen LogP contribution is -2.13. The highest BCUT2D eigenvalue weighted by Gasteiger charge is 2.02. The highest BCUT2D eigenvalue weighted by Crippen LogP contribution is 2.24. The van der Waals surface area contributed by atoms with Crippen molar-refractivity contribution < 1.29 is 4.79 Å². The Kier molecular flexibility index (Phi) is 7.59. The zero-order valence-corrected chi connectivity index (χ0v) is 15.1. The fraction of sp³-hybridized carbons (Fsp3) is 0.250. The van der Waals surface area contributed by atoms with Crippen LogP contribution in [0, 0.1) is 0 Å². The monoisotopic (exact) mass is 340 g/mol. The number of nitrogens with zero attached hydrogens (tertiary/aromatic N) is 1. The molecule has 0 spiro atoms. The van der Waals surface area contributed by atoms with Crippen molar-refractivity contribution in [1.29, 1.82) is 0 Å². The number of nitrogens with one attached hydrogen (secondary N) is 1. The molecule has 24 heavy (non-hydrogen) atoms. The van der Waals surface area contributed by atoms with Gasteiger partial charge in [-0.1, -0.05) is 36.4 Å². The smallest absolute Gasteiger partial charge is 0.248 e. The second kappa shape index (κ2) is 9.96. The molecule has 126 valence electrons. The summed E-state index contributed by atoms with van der Waals surface area (Å²) in [4.78, 5) is 15.4. The fourth-order valence-corrected chi connectivity index (χ4v) is 3.15. The number of amides is 1. The Morgan fingerprint density at radius 1 is 1.08 bits per heavy atom. The number of hydrogen-bond acceptors (Lipinski definition) is 3. The first-order valence-corrected chi connectivity index (χ1v) is 9.04. The average molecular weight is 340 g/mol. The molecule has 2 aromatic rings. The Morgan fingerprint density at radius 3 is 2.54 bits per heavy atom. The van der Waals surface area contributed by atoms with Crippen molar-refractivity contribution in [2.24, 2.45) is 0 Å². The molecule has 3 nitrogen and oxygen atoms in total. The van der Waals surface area contributed by atoms with Gasteiger partial charge >= 0.3 is 0 Å². The van der Waals surface area contributed by atoms with E-state index in [4.69, 9.17) is 0 Å². The number of thioether (sulfide) groups is 1. The van der Waals surface area contributed by atoms with Crippen LogP contribution in [0.5, 0.6) is 0 Å². The van der Waals surface area contributed by atoms with Gasteiger partial charge in [0.05, 0.1) is 0 Å². The number of para-hydroxylation sites is 1.